The molecule has 0 saturated heterocycles. The SMILES string of the molecule is CCCN(CCC)Cc1ccccc1C=O. The van der Waals surface area contributed by atoms with Gasteiger partial charge in [-0.05, 0) is 31.5 Å². The molecule has 0 N–H and O–H groups in total. The smallest absolute Gasteiger partial charge is 0.150 e. The van der Waals surface area contributed by atoms with Crippen LogP contribution in [0.1, 0.15) is 42.6 Å². The van der Waals surface area contributed by atoms with Crippen LogP contribution in [0.25, 0.3) is 0 Å². The lowest BCUT2D eigenvalue weighted by molar-refractivity contribution is 0.112. The zero-order valence-corrected chi connectivity index (χ0v) is 10.3. The predicted molar refractivity (Wildman–Crippen MR) is 67.7 cm³/mol. The minimum atomic E-state index is 0.819. The normalized spacial score (nSPS) is 10.7. The Morgan fingerprint density at radius 1 is 1.12 bits per heavy atom. The molecule has 2 heteroatoms. The highest BCUT2D eigenvalue weighted by Gasteiger charge is 2.06. The Labute approximate surface area is 98.3 Å². The molecule has 0 radical (unpaired) electrons. The van der Waals surface area contributed by atoms with Gasteiger partial charge in [-0.1, -0.05) is 38.1 Å². The van der Waals surface area contributed by atoms with Crippen molar-refractivity contribution >= 4 is 6.29 Å². The van der Waals surface area contributed by atoms with Crippen molar-refractivity contribution in [2.24, 2.45) is 0 Å². The molecule has 0 aromatic heterocycles. The van der Waals surface area contributed by atoms with Gasteiger partial charge in [-0.25, -0.2) is 0 Å². The molecule has 16 heavy (non-hydrogen) atoms. The van der Waals surface area contributed by atoms with E-state index >= 15 is 0 Å². The van der Waals surface area contributed by atoms with Gasteiger partial charge in [0.05, 0.1) is 0 Å². The molecule has 0 aliphatic carbocycles. The lowest BCUT2D eigenvalue weighted by Crippen LogP contribution is -2.25. The molecule has 0 aliphatic heterocycles. The zero-order chi connectivity index (χ0) is 11.8. The summed E-state index contributed by atoms with van der Waals surface area (Å²) in [6.45, 7) is 7.46. The summed E-state index contributed by atoms with van der Waals surface area (Å²) in [5.41, 5.74) is 1.96. The summed E-state index contributed by atoms with van der Waals surface area (Å²) < 4.78 is 0. The average molecular weight is 219 g/mol. The summed E-state index contributed by atoms with van der Waals surface area (Å²) in [5, 5.41) is 0. The summed E-state index contributed by atoms with van der Waals surface area (Å²) in [6.07, 6.45) is 3.26. The Morgan fingerprint density at radius 3 is 2.31 bits per heavy atom. The van der Waals surface area contributed by atoms with Crippen LogP contribution in [0, 0.1) is 0 Å². The highest BCUT2D eigenvalue weighted by Crippen LogP contribution is 2.10. The molecular formula is C14H21NO. The largest absolute Gasteiger partial charge is 0.299 e. The number of carbonyl (C=O) groups excluding carboxylic acids is 1. The predicted octanol–water partition coefficient (Wildman–Crippen LogP) is 3.12. The van der Waals surface area contributed by atoms with E-state index in [0.29, 0.717) is 0 Å². The van der Waals surface area contributed by atoms with E-state index in [4.69, 9.17) is 0 Å². The second kappa shape index (κ2) is 7.18. The number of rotatable bonds is 7. The van der Waals surface area contributed by atoms with Crippen molar-refractivity contribution in [3.05, 3.63) is 35.4 Å². The molecule has 2 nitrogen and oxygen atoms in total. The van der Waals surface area contributed by atoms with Crippen LogP contribution in [-0.2, 0) is 6.54 Å². The van der Waals surface area contributed by atoms with E-state index < -0.39 is 0 Å². The van der Waals surface area contributed by atoms with Gasteiger partial charge in [0.2, 0.25) is 0 Å². The van der Waals surface area contributed by atoms with Crippen LogP contribution in [-0.4, -0.2) is 24.3 Å². The summed E-state index contributed by atoms with van der Waals surface area (Å²) in [5.74, 6) is 0. The highest BCUT2D eigenvalue weighted by atomic mass is 16.1. The molecule has 0 fully saturated rings. The molecule has 0 heterocycles. The molecule has 0 spiro atoms. The standard InChI is InChI=1S/C14H21NO/c1-3-9-15(10-4-2)11-13-7-5-6-8-14(13)12-16/h5-8,12H,3-4,9-11H2,1-2H3. The summed E-state index contributed by atoms with van der Waals surface area (Å²) >= 11 is 0. The molecule has 88 valence electrons. The first-order chi connectivity index (χ1) is 7.81. The van der Waals surface area contributed by atoms with E-state index in [1.807, 2.05) is 24.3 Å². The Bertz CT molecular complexity index is 316. The van der Waals surface area contributed by atoms with Gasteiger partial charge in [-0.15, -0.1) is 0 Å². The number of hydrogen-bond acceptors (Lipinski definition) is 2. The van der Waals surface area contributed by atoms with Crippen LogP contribution in [0.15, 0.2) is 24.3 Å². The molecule has 1 aromatic rings. The van der Waals surface area contributed by atoms with E-state index in [-0.39, 0.29) is 0 Å². The van der Waals surface area contributed by atoms with Crippen LogP contribution in [0.5, 0.6) is 0 Å². The molecule has 1 aromatic carbocycles. The first-order valence-corrected chi connectivity index (χ1v) is 6.07. The Morgan fingerprint density at radius 2 is 1.75 bits per heavy atom. The quantitative estimate of drug-likeness (QED) is 0.657. The van der Waals surface area contributed by atoms with E-state index in [1.165, 1.54) is 0 Å². The van der Waals surface area contributed by atoms with E-state index in [1.54, 1.807) is 0 Å². The van der Waals surface area contributed by atoms with Crippen molar-refractivity contribution < 1.29 is 4.79 Å². The van der Waals surface area contributed by atoms with Crippen LogP contribution >= 0.6 is 0 Å². The third-order valence-electron chi connectivity index (χ3n) is 2.66. The average Bonchev–Trinajstić information content (AvgIpc) is 2.30. The molecule has 0 atom stereocenters. The Balaban J connectivity index is 2.71. The third-order valence-corrected chi connectivity index (χ3v) is 2.66. The topological polar surface area (TPSA) is 20.3 Å². The molecular weight excluding hydrogens is 198 g/mol. The Kier molecular flexibility index (Phi) is 5.79. The first kappa shape index (κ1) is 12.9. The molecule has 1 rings (SSSR count). The number of carbonyl (C=O) groups is 1. The molecule has 0 unspecified atom stereocenters. The van der Waals surface area contributed by atoms with Gasteiger partial charge in [0.1, 0.15) is 6.29 Å². The van der Waals surface area contributed by atoms with Gasteiger partial charge >= 0.3 is 0 Å². The fraction of sp³-hybridized carbons (Fsp3) is 0.500. The van der Waals surface area contributed by atoms with Gasteiger partial charge < -0.3 is 0 Å². The maximum Gasteiger partial charge on any atom is 0.150 e. The van der Waals surface area contributed by atoms with Gasteiger partial charge in [-0.2, -0.15) is 0 Å². The van der Waals surface area contributed by atoms with Crippen molar-refractivity contribution in [1.29, 1.82) is 0 Å². The summed E-state index contributed by atoms with van der Waals surface area (Å²) in [4.78, 5) is 13.3. The van der Waals surface area contributed by atoms with Crippen molar-refractivity contribution in [3.63, 3.8) is 0 Å². The second-order valence-electron chi connectivity index (χ2n) is 4.09. The Hall–Kier alpha value is -1.15. The van der Waals surface area contributed by atoms with Crippen molar-refractivity contribution in [2.45, 2.75) is 33.2 Å². The minimum absolute atomic E-state index is 0.819. The van der Waals surface area contributed by atoms with Crippen molar-refractivity contribution in [1.82, 2.24) is 4.90 Å². The van der Waals surface area contributed by atoms with Gasteiger partial charge in [-0.3, -0.25) is 9.69 Å². The lowest BCUT2D eigenvalue weighted by atomic mass is 10.1. The molecule has 0 aliphatic rings. The summed E-state index contributed by atoms with van der Waals surface area (Å²) in [7, 11) is 0. The first-order valence-electron chi connectivity index (χ1n) is 6.07. The van der Waals surface area contributed by atoms with Crippen molar-refractivity contribution in [2.75, 3.05) is 13.1 Å². The third kappa shape index (κ3) is 3.78. The number of hydrogen-bond donors (Lipinski definition) is 0. The number of benzene rings is 1. The minimum Gasteiger partial charge on any atom is -0.299 e. The van der Waals surface area contributed by atoms with Crippen LogP contribution < -0.4 is 0 Å². The maximum atomic E-state index is 10.9. The van der Waals surface area contributed by atoms with E-state index in [9.17, 15) is 4.79 Å². The molecule has 0 saturated carbocycles. The fourth-order valence-corrected chi connectivity index (χ4v) is 1.94. The van der Waals surface area contributed by atoms with Crippen LogP contribution in [0.2, 0.25) is 0 Å². The lowest BCUT2D eigenvalue weighted by Gasteiger charge is -2.21. The van der Waals surface area contributed by atoms with Crippen molar-refractivity contribution in [3.8, 4) is 0 Å². The van der Waals surface area contributed by atoms with Gasteiger partial charge in [0.25, 0.3) is 0 Å². The molecule has 0 amide bonds. The number of nitrogens with zero attached hydrogens (tertiary/aromatic N) is 1. The maximum absolute atomic E-state index is 10.9. The second-order valence-corrected chi connectivity index (χ2v) is 4.09. The monoisotopic (exact) mass is 219 g/mol. The number of aldehydes is 1. The van der Waals surface area contributed by atoms with E-state index in [2.05, 4.69) is 18.7 Å². The summed E-state index contributed by atoms with van der Waals surface area (Å²) in [6, 6.07) is 7.84. The van der Waals surface area contributed by atoms with Gasteiger partial charge in [0, 0.05) is 12.1 Å². The van der Waals surface area contributed by atoms with Crippen LogP contribution in [0.3, 0.4) is 0 Å². The zero-order valence-electron chi connectivity index (χ0n) is 10.3. The van der Waals surface area contributed by atoms with Crippen LogP contribution in [0.4, 0.5) is 0 Å². The van der Waals surface area contributed by atoms with E-state index in [0.717, 1.165) is 49.9 Å². The molecule has 0 bridgehead atoms. The fourth-order valence-electron chi connectivity index (χ4n) is 1.94. The van der Waals surface area contributed by atoms with Gasteiger partial charge in [0.15, 0.2) is 0 Å². The highest BCUT2D eigenvalue weighted by molar-refractivity contribution is 5.77.